The van der Waals surface area contributed by atoms with Gasteiger partial charge in [-0.2, -0.15) is 0 Å². The van der Waals surface area contributed by atoms with E-state index in [1.165, 1.54) is 24.2 Å². The predicted molar refractivity (Wildman–Crippen MR) is 183 cm³/mol. The second-order valence-electron chi connectivity index (χ2n) is 12.3. The van der Waals surface area contributed by atoms with E-state index in [1.807, 2.05) is 0 Å². The minimum absolute atomic E-state index is 0.0279. The molecule has 3 aliphatic rings. The summed E-state index contributed by atoms with van der Waals surface area (Å²) < 4.78 is 51.4. The van der Waals surface area contributed by atoms with Gasteiger partial charge in [0.15, 0.2) is 0 Å². The van der Waals surface area contributed by atoms with Crippen LogP contribution in [0.4, 0.5) is 14.5 Å². The molecular weight excluding hydrogens is 665 g/mol. The van der Waals surface area contributed by atoms with Crippen LogP contribution in [0.5, 0.6) is 0 Å². The van der Waals surface area contributed by atoms with Crippen molar-refractivity contribution in [3.63, 3.8) is 0 Å². The first-order valence-electron chi connectivity index (χ1n) is 16.0. The summed E-state index contributed by atoms with van der Waals surface area (Å²) in [7, 11) is -3.47. The predicted octanol–water partition coefficient (Wildman–Crippen LogP) is 4.69. The highest BCUT2D eigenvalue weighted by molar-refractivity contribution is 7.91. The normalized spacial score (nSPS) is 20.5. The zero-order chi connectivity index (χ0) is 35.5. The summed E-state index contributed by atoms with van der Waals surface area (Å²) in [5, 5.41) is 2.64. The second-order valence-corrected chi connectivity index (χ2v) is 15.5. The number of rotatable bonds is 13. The topological polar surface area (TPSA) is 172 Å². The fourth-order valence-corrected chi connectivity index (χ4v) is 6.82. The maximum Gasteiger partial charge on any atom is 0.305 e. The third kappa shape index (κ3) is 11.7. The summed E-state index contributed by atoms with van der Waals surface area (Å²) in [6, 6.07) is 2.34. The lowest BCUT2D eigenvalue weighted by Gasteiger charge is -2.22. The van der Waals surface area contributed by atoms with Crippen molar-refractivity contribution in [2.24, 2.45) is 17.6 Å². The molecule has 1 saturated heterocycles. The van der Waals surface area contributed by atoms with Crippen LogP contribution >= 0.6 is 11.3 Å². The van der Waals surface area contributed by atoms with Gasteiger partial charge in [-0.15, -0.1) is 0 Å². The Labute approximate surface area is 284 Å². The number of carbonyl (C=O) groups excluding carboxylic acids is 3. The Morgan fingerprint density at radius 1 is 1.19 bits per heavy atom. The van der Waals surface area contributed by atoms with Crippen LogP contribution in [0.25, 0.3) is 6.08 Å². The van der Waals surface area contributed by atoms with Crippen LogP contribution in [0, 0.1) is 23.5 Å². The summed E-state index contributed by atoms with van der Waals surface area (Å²) >= 11 is 1.16. The number of H-pyrrole nitrogens is 1. The van der Waals surface area contributed by atoms with E-state index in [1.54, 1.807) is 19.2 Å². The zero-order valence-corrected chi connectivity index (χ0v) is 28.9. The van der Waals surface area contributed by atoms with E-state index in [4.69, 9.17) is 5.73 Å². The molecular formula is C33H45F2N5O6S2. The average molecular weight is 710 g/mol. The molecule has 2 saturated carbocycles. The van der Waals surface area contributed by atoms with Gasteiger partial charge in [0.1, 0.15) is 17.7 Å². The van der Waals surface area contributed by atoms with Crippen molar-refractivity contribution in [2.45, 2.75) is 82.4 Å². The first-order chi connectivity index (χ1) is 22.7. The molecule has 5 N–H and O–H groups in total. The summed E-state index contributed by atoms with van der Waals surface area (Å²) in [6.07, 6.45) is 15.5. The van der Waals surface area contributed by atoms with E-state index >= 15 is 0 Å². The molecule has 2 aliphatic carbocycles. The third-order valence-electron chi connectivity index (χ3n) is 8.32. The molecule has 1 aliphatic heterocycles. The van der Waals surface area contributed by atoms with E-state index in [9.17, 15) is 36.4 Å². The summed E-state index contributed by atoms with van der Waals surface area (Å²) in [6.45, 7) is 7.68. The van der Waals surface area contributed by atoms with Crippen LogP contribution < -0.4 is 20.6 Å². The van der Waals surface area contributed by atoms with Gasteiger partial charge >= 0.3 is 4.87 Å². The van der Waals surface area contributed by atoms with Crippen molar-refractivity contribution < 1.29 is 31.6 Å². The highest BCUT2D eigenvalue weighted by Crippen LogP contribution is 2.44. The van der Waals surface area contributed by atoms with Gasteiger partial charge in [-0.3, -0.25) is 23.9 Å². The zero-order valence-electron chi connectivity index (χ0n) is 27.3. The average Bonchev–Trinajstić information content (AvgIpc) is 3.86. The van der Waals surface area contributed by atoms with Gasteiger partial charge in [0, 0.05) is 35.3 Å². The number of nitrogens with zero attached hydrogens (tertiary/aromatic N) is 1. The number of likely N-dealkylation sites (tertiary alicyclic amines) is 1. The Morgan fingerprint density at radius 3 is 2.42 bits per heavy atom. The van der Waals surface area contributed by atoms with Gasteiger partial charge in [0.05, 0.1) is 11.3 Å². The van der Waals surface area contributed by atoms with Crippen molar-refractivity contribution in [1.82, 2.24) is 14.6 Å². The second kappa shape index (κ2) is 17.5. The number of hydrogen-bond acceptors (Lipinski definition) is 8. The standard InChI is InChI=1S/C15H25NO3S.C13H15F2N3O2.C5H5NOS/c1-3-4-5-6-7-8-12-11-13(12)14(17)16-20(18,19)15(2)9-10-15;14-8-4-9(15)6-10(5-8)17-7-12(19)18-3-1-2-11(18)13(16)20;1-2-4-3-6-5(7)8-4/h7-8,12-13H,3-6,9-11H2,1-2H3,(H,16,17);4-6,11,17H,1-3,7H2,(H2,16,20);2-3H,1H2,(H,6,7)/b8-7-;;. The van der Waals surface area contributed by atoms with Gasteiger partial charge in [-0.1, -0.05) is 55.9 Å². The largest absolute Gasteiger partial charge is 0.376 e. The lowest BCUT2D eigenvalue weighted by molar-refractivity contribution is -0.135. The van der Waals surface area contributed by atoms with Gasteiger partial charge < -0.3 is 20.9 Å². The summed E-state index contributed by atoms with van der Waals surface area (Å²) in [5.74, 6) is -2.54. The Hall–Kier alpha value is -3.85. The number of primary amides is 1. The van der Waals surface area contributed by atoms with Gasteiger partial charge in [0.25, 0.3) is 0 Å². The molecule has 15 heteroatoms. The fraction of sp³-hybridized carbons (Fsp3) is 0.515. The molecule has 3 unspecified atom stereocenters. The Balaban J connectivity index is 0.000000212. The molecule has 264 valence electrons. The van der Waals surface area contributed by atoms with Crippen LogP contribution in [0.15, 0.2) is 47.9 Å². The van der Waals surface area contributed by atoms with Crippen molar-refractivity contribution >= 4 is 50.8 Å². The van der Waals surface area contributed by atoms with E-state index in [0.717, 1.165) is 47.3 Å². The van der Waals surface area contributed by atoms with E-state index < -0.39 is 38.4 Å². The number of unbranched alkanes of at least 4 members (excludes halogenated alkanes) is 3. The molecule has 48 heavy (non-hydrogen) atoms. The summed E-state index contributed by atoms with van der Waals surface area (Å²) in [4.78, 5) is 50.2. The molecule has 3 amide bonds. The quantitative estimate of drug-likeness (QED) is 0.173. The highest BCUT2D eigenvalue weighted by Gasteiger charge is 2.52. The smallest absolute Gasteiger partial charge is 0.305 e. The number of nitrogens with one attached hydrogen (secondary N) is 3. The number of hydrogen-bond donors (Lipinski definition) is 4. The first kappa shape index (κ1) is 38.6. The number of sulfonamides is 1. The minimum Gasteiger partial charge on any atom is -0.376 e. The minimum atomic E-state index is -3.47. The molecule has 1 aromatic carbocycles. The molecule has 0 radical (unpaired) electrons. The molecule has 0 spiro atoms. The molecule has 3 fully saturated rings. The first-order valence-corrected chi connectivity index (χ1v) is 18.3. The van der Waals surface area contributed by atoms with Crippen molar-refractivity contribution in [3.8, 4) is 0 Å². The SMILES string of the molecule is C=Cc1c[nH]c(=O)s1.CCCCC/C=C\C1CC1C(=O)NS(=O)(=O)C1(C)CC1.NC(=O)C1CCCN1C(=O)CNc1cc(F)cc(F)c1. The number of allylic oxidation sites excluding steroid dienone is 2. The molecule has 2 heterocycles. The van der Waals surface area contributed by atoms with Gasteiger partial charge in [-0.25, -0.2) is 17.2 Å². The number of amides is 3. The number of halogens is 2. The fourth-order valence-electron chi connectivity index (χ4n) is 4.98. The van der Waals surface area contributed by atoms with E-state index in [2.05, 4.69) is 40.7 Å². The molecule has 2 aromatic rings. The van der Waals surface area contributed by atoms with Crippen LogP contribution in [-0.4, -0.2) is 59.9 Å². The van der Waals surface area contributed by atoms with Crippen LogP contribution in [-0.2, 0) is 24.4 Å². The molecule has 11 nitrogen and oxygen atoms in total. The summed E-state index contributed by atoms with van der Waals surface area (Å²) in [5.41, 5.74) is 5.39. The van der Waals surface area contributed by atoms with Gasteiger partial charge in [0.2, 0.25) is 27.7 Å². The number of nitrogens with two attached hydrogens (primary N) is 1. The Kier molecular flexibility index (Phi) is 14.1. The number of thiazole rings is 1. The maximum atomic E-state index is 13.0. The molecule has 5 rings (SSSR count). The lowest BCUT2D eigenvalue weighted by Crippen LogP contribution is -2.45. The highest BCUT2D eigenvalue weighted by atomic mass is 32.2. The van der Waals surface area contributed by atoms with Crippen LogP contribution in [0.3, 0.4) is 0 Å². The van der Waals surface area contributed by atoms with E-state index in [-0.39, 0.29) is 40.8 Å². The van der Waals surface area contributed by atoms with Crippen LogP contribution in [0.1, 0.15) is 76.5 Å². The molecule has 3 atom stereocenters. The van der Waals surface area contributed by atoms with Crippen molar-refractivity contribution in [1.29, 1.82) is 0 Å². The Bertz CT molecular complexity index is 1620. The number of anilines is 1. The third-order valence-corrected chi connectivity index (χ3v) is 11.3. The van der Waals surface area contributed by atoms with Crippen molar-refractivity contribution in [2.75, 3.05) is 18.4 Å². The lowest BCUT2D eigenvalue weighted by atomic mass is 10.2. The number of benzene rings is 1. The number of carbonyl (C=O) groups is 3. The van der Waals surface area contributed by atoms with Crippen LogP contribution in [0.2, 0.25) is 0 Å². The van der Waals surface area contributed by atoms with Gasteiger partial charge in [-0.05, 0) is 69.9 Å². The number of aromatic nitrogens is 1. The molecule has 1 aromatic heterocycles. The number of aromatic amines is 1. The Morgan fingerprint density at radius 2 is 1.88 bits per heavy atom. The molecule has 0 bridgehead atoms. The van der Waals surface area contributed by atoms with Crippen molar-refractivity contribution in [3.05, 3.63) is 69.3 Å². The van der Waals surface area contributed by atoms with E-state index in [0.29, 0.717) is 32.2 Å². The maximum absolute atomic E-state index is 13.0. The monoisotopic (exact) mass is 709 g/mol.